The van der Waals surface area contributed by atoms with Crippen LogP contribution < -0.4 is 63.6 Å². The summed E-state index contributed by atoms with van der Waals surface area (Å²) < 4.78 is 29.7. The van der Waals surface area contributed by atoms with Gasteiger partial charge < -0.3 is 97.5 Å². The number of ether oxygens (including phenoxy) is 5. The zero-order valence-electron chi connectivity index (χ0n) is 71.4. The first kappa shape index (κ1) is 99.1. The Morgan fingerprint density at radius 3 is 2.22 bits per heavy atom. The molecular formula is C87H113ClN12O21S4. The molecule has 33 nitrogen and oxygen atoms in total. The number of aliphatic hydroxyl groups is 2. The minimum Gasteiger partial charge on any atom is -0.508 e. The number of carbonyl (C=O) groups excluding carboxylic acids is 13. The van der Waals surface area contributed by atoms with Gasteiger partial charge in [0.1, 0.15) is 82.7 Å². The van der Waals surface area contributed by atoms with Crippen molar-refractivity contribution < 1.29 is 101 Å². The number of rotatable bonds is 28. The van der Waals surface area contributed by atoms with Gasteiger partial charge in [-0.3, -0.25) is 58.1 Å². The number of nitrogens with zero attached hydrogens (tertiary/aromatic N) is 2. The molecule has 4 aromatic rings. The number of amides is 11. The highest BCUT2D eigenvalue weighted by Crippen LogP contribution is 2.50. The molecule has 11 amide bonds. The summed E-state index contributed by atoms with van der Waals surface area (Å²) in [6.45, 7) is 9.30. The quantitative estimate of drug-likeness (QED) is 0.0156. The van der Waals surface area contributed by atoms with Crippen LogP contribution in [0.2, 0.25) is 5.02 Å². The van der Waals surface area contributed by atoms with Crippen molar-refractivity contribution in [3.05, 3.63) is 154 Å². The van der Waals surface area contributed by atoms with Crippen LogP contribution in [0.25, 0.3) is 5.57 Å². The lowest BCUT2D eigenvalue weighted by molar-refractivity contribution is -0.162. The summed E-state index contributed by atoms with van der Waals surface area (Å²) >= 11 is 6.90. The van der Waals surface area contributed by atoms with E-state index in [0.29, 0.717) is 41.5 Å². The van der Waals surface area contributed by atoms with Crippen molar-refractivity contribution in [1.29, 1.82) is 0 Å². The number of aliphatic hydroxyl groups excluding tert-OH is 1. The number of phenolic OH excluding ortho intramolecular Hbond substituents is 1. The van der Waals surface area contributed by atoms with Gasteiger partial charge in [0, 0.05) is 95.1 Å². The number of unbranched alkanes of at least 4 members (excludes halogenated alkanes) is 1. The second-order valence-corrected chi connectivity index (χ2v) is 37.6. The van der Waals surface area contributed by atoms with Crippen LogP contribution in [0.3, 0.4) is 0 Å². The molecule has 678 valence electrons. The molecule has 0 saturated carbocycles. The molecule has 17 atom stereocenters. The third-order valence-corrected chi connectivity index (χ3v) is 27.9. The van der Waals surface area contributed by atoms with Gasteiger partial charge in [0.25, 0.3) is 0 Å². The molecule has 0 unspecified atom stereocenters. The fourth-order valence-electron chi connectivity index (χ4n) is 15.2. The van der Waals surface area contributed by atoms with Crippen molar-refractivity contribution in [2.75, 3.05) is 62.8 Å². The van der Waals surface area contributed by atoms with Crippen LogP contribution in [-0.2, 0) is 102 Å². The number of halogens is 1. The first-order valence-electron chi connectivity index (χ1n) is 41.2. The number of ketones is 1. The van der Waals surface area contributed by atoms with Crippen molar-refractivity contribution >= 4 is 143 Å². The lowest BCUT2D eigenvalue weighted by Crippen LogP contribution is -2.63. The number of primary amides is 1. The maximum Gasteiger partial charge on any atom is 0.409 e. The average molecular weight is 1830 g/mol. The number of nitrogens with two attached hydrogens (primary N) is 2. The number of carbonyl (C=O) groups is 13. The SMILES string of the molecule is COc1cc2cc(c1Cl)N(C)C(=O)C[C@H](OC(=O)[C@H](C)N(C)C(=O)CCSSC[C@@H](NC(=O)[C@@H]1CSSC[C@H](NC(=O)[C@@H](Cc3ccccc3)NC(C)=O)C(=O)C[C@@H](Cc3ccc(O)cc3)C(=O)N[C@H](CC3=CCc4ccccc43)C(=O)N[C@@H](CCCCN)C(=O)N[C@@H]([C@@H](C)O)C(=O)N1)C(N)=O)[C@]1(C)O[C@H]1[C@H](C)[C@@H]1C[C@@](O)(NC(=O)O1)[C@H](OC)/C=C/C=C(\C)C2. The molecule has 0 spiro atoms. The Bertz CT molecular complexity index is 4670. The predicted molar refractivity (Wildman–Crippen MR) is 476 cm³/mol. The Hall–Kier alpha value is -9.70. The van der Waals surface area contributed by atoms with E-state index in [1.165, 1.54) is 66.1 Å². The van der Waals surface area contributed by atoms with E-state index in [1.54, 1.807) is 80.6 Å². The van der Waals surface area contributed by atoms with Gasteiger partial charge >= 0.3 is 12.1 Å². The summed E-state index contributed by atoms with van der Waals surface area (Å²) in [4.78, 5) is 190. The summed E-state index contributed by atoms with van der Waals surface area (Å²) in [5.74, 6) is -12.3. The van der Waals surface area contributed by atoms with Crippen molar-refractivity contribution in [3.63, 3.8) is 0 Å². The smallest absolute Gasteiger partial charge is 0.409 e. The van der Waals surface area contributed by atoms with Gasteiger partial charge in [0.05, 0.1) is 37.5 Å². The molecule has 9 rings (SSSR count). The van der Waals surface area contributed by atoms with E-state index in [9.17, 15) is 63.3 Å². The van der Waals surface area contributed by atoms with Crippen LogP contribution in [0, 0.1) is 11.8 Å². The summed E-state index contributed by atoms with van der Waals surface area (Å²) in [5.41, 5.74) is 14.0. The highest BCUT2D eigenvalue weighted by molar-refractivity contribution is 8.77. The topological polar surface area (TPSA) is 487 Å². The normalized spacial score (nSPS) is 26.5. The van der Waals surface area contributed by atoms with Crippen LogP contribution >= 0.6 is 54.8 Å². The fraction of sp³-hybridized carbons (Fsp3) is 0.506. The number of alkyl carbamates (subject to hydrolysis) is 1. The molecule has 0 aromatic heterocycles. The number of allylic oxidation sites excluding steroid dienone is 4. The second-order valence-electron chi connectivity index (χ2n) is 32.0. The highest BCUT2D eigenvalue weighted by atomic mass is 35.5. The van der Waals surface area contributed by atoms with E-state index in [-0.39, 0.29) is 96.7 Å². The third kappa shape index (κ3) is 27.4. The van der Waals surface area contributed by atoms with Crippen molar-refractivity contribution in [2.24, 2.45) is 23.3 Å². The zero-order chi connectivity index (χ0) is 91.1. The number of benzene rings is 4. The molecular weight excluding hydrogens is 1710 g/mol. The molecule has 3 saturated heterocycles. The minimum atomic E-state index is -1.96. The molecule has 4 aliphatic heterocycles. The molecule has 3 fully saturated rings. The number of Topliss-reactive ketones (excluding diaryl/α,β-unsaturated/α-hetero) is 1. The number of epoxide rings is 1. The number of hydrogen-bond acceptors (Lipinski definition) is 26. The number of likely N-dealkylation sites (N-methyl/N-ethyl adjacent to an activating group) is 1. The van der Waals surface area contributed by atoms with Gasteiger partial charge in [-0.2, -0.15) is 0 Å². The predicted octanol–water partition coefficient (Wildman–Crippen LogP) is 4.89. The van der Waals surface area contributed by atoms with Gasteiger partial charge in [0.2, 0.25) is 59.1 Å². The largest absolute Gasteiger partial charge is 0.508 e. The number of anilines is 1. The molecule has 5 aliphatic rings. The zero-order valence-corrected chi connectivity index (χ0v) is 75.4. The number of aromatic hydroxyl groups is 1. The number of esters is 1. The van der Waals surface area contributed by atoms with Crippen LogP contribution in [-0.4, -0.2) is 245 Å². The van der Waals surface area contributed by atoms with E-state index in [2.05, 4.69) is 42.5 Å². The van der Waals surface area contributed by atoms with Crippen LogP contribution in [0.5, 0.6) is 11.5 Å². The van der Waals surface area contributed by atoms with Crippen molar-refractivity contribution in [1.82, 2.24) is 47.4 Å². The fourth-order valence-corrected chi connectivity index (χ4v) is 20.0. The minimum absolute atomic E-state index is 0.00665. The van der Waals surface area contributed by atoms with Gasteiger partial charge in [-0.1, -0.05) is 158 Å². The molecule has 38 heteroatoms. The van der Waals surface area contributed by atoms with Crippen LogP contribution in [0.4, 0.5) is 10.5 Å². The summed E-state index contributed by atoms with van der Waals surface area (Å²) in [5, 5.41) is 55.2. The van der Waals surface area contributed by atoms with E-state index in [1.807, 2.05) is 43.3 Å². The van der Waals surface area contributed by atoms with Crippen LogP contribution in [0.1, 0.15) is 121 Å². The summed E-state index contributed by atoms with van der Waals surface area (Å²) in [7, 11) is 9.73. The van der Waals surface area contributed by atoms with E-state index < -0.39 is 192 Å². The third-order valence-electron chi connectivity index (χ3n) is 22.6. The van der Waals surface area contributed by atoms with Gasteiger partial charge in [-0.15, -0.1) is 0 Å². The number of nitrogens with one attached hydrogen (secondary N) is 8. The molecule has 4 aromatic carbocycles. The van der Waals surface area contributed by atoms with Crippen LogP contribution in [0.15, 0.2) is 121 Å². The molecule has 4 heterocycles. The van der Waals surface area contributed by atoms with Gasteiger partial charge in [0.15, 0.2) is 11.5 Å². The number of methoxy groups -OCH3 is 2. The molecule has 4 bridgehead atoms. The molecule has 125 heavy (non-hydrogen) atoms. The maximum atomic E-state index is 15.3. The average Bonchev–Trinajstić information content (AvgIpc) is 1.57. The van der Waals surface area contributed by atoms with Gasteiger partial charge in [-0.25, -0.2) is 9.59 Å². The Labute approximate surface area is 747 Å². The number of hydrogen-bond donors (Lipinski definition) is 13. The molecule has 0 radical (unpaired) electrons. The summed E-state index contributed by atoms with van der Waals surface area (Å²) in [6, 6.07) is 13.9. The second kappa shape index (κ2) is 46.2. The van der Waals surface area contributed by atoms with E-state index in [4.69, 9.17) is 46.8 Å². The van der Waals surface area contributed by atoms with E-state index >= 15 is 14.4 Å². The van der Waals surface area contributed by atoms with E-state index in [0.717, 1.165) is 64.8 Å². The highest BCUT2D eigenvalue weighted by Gasteiger charge is 2.65. The Kier molecular flexibility index (Phi) is 36.6. The first-order chi connectivity index (χ1) is 59.4. The Balaban J connectivity index is 0.923. The van der Waals surface area contributed by atoms with Crippen molar-refractivity contribution in [3.8, 4) is 11.5 Å². The monoisotopic (exact) mass is 1820 g/mol. The Morgan fingerprint density at radius 1 is 0.840 bits per heavy atom. The lowest BCUT2D eigenvalue weighted by Gasteiger charge is -2.42. The Morgan fingerprint density at radius 2 is 1.54 bits per heavy atom. The number of fused-ring (bicyclic) bond motifs is 6. The standard InChI is InChI=1S/C87H113ClN12O21S4/c1-47-19-18-25-70(118-10)87(116)43-69(119-85(115)98-87)48(2)76-86(6,121-76)71(42-73(106)100(8)66-38-54(35-47)39-68(117-9)74(66)88)120-84(114)49(3)99(7)72(105)32-34-122-123-45-64(77(90)107)95-82(112)65-46-125-124-44-63(94-80(110)61(91-51(5)102)37-52-20-12-11-13-21-52)67(104)41-57(36-53-26-30-58(103)31-27-53)78(108)93-62(40-56-29-28-55-22-14-15-23-59(55)56)81(111)92-60(24-16-17-33-89)79(109)97-75(50(4)101)83(113)96-65/h11-15,18-23,25-27,29-31,38-39,48-50,57,60-65,69-71,75-76,101,103,116H,16-17,24,28,32-37,40-46,89H2,1-10H3,(H2,90,107)(H,91,102)(H,92,111)(H,93,108)(H,94,110)(H,95,112)(H,96,113)(H,97,109)(H,98,115)/b25-18+,47-19+/t48-,49+,50-,57-,60+,61-,62-,63+,64-,65+,69+,70-,71+,75+,76+,86+,87+/m1/s1. The molecule has 1 aliphatic carbocycles. The lowest BCUT2D eigenvalue weighted by atomic mass is 9.83. The summed E-state index contributed by atoms with van der Waals surface area (Å²) in [6.07, 6.45) is 0.0188. The number of phenols is 1. The van der Waals surface area contributed by atoms with Gasteiger partial charge in [-0.05, 0) is 130 Å². The molecule has 15 N–H and O–H groups in total. The first-order valence-corrected chi connectivity index (χ1v) is 46.5. The maximum absolute atomic E-state index is 15.3. The van der Waals surface area contributed by atoms with Crippen molar-refractivity contribution in [2.45, 2.75) is 209 Å².